The zero-order valence-electron chi connectivity index (χ0n) is 5.15. The summed E-state index contributed by atoms with van der Waals surface area (Å²) in [5.41, 5.74) is 8.32. The zero-order valence-corrected chi connectivity index (χ0v) is 5.15. The van der Waals surface area contributed by atoms with Gasteiger partial charge in [-0.1, -0.05) is 11.5 Å². The fraction of sp³-hybridized carbons (Fsp3) is 0.250. The summed E-state index contributed by atoms with van der Waals surface area (Å²) in [6.45, 7) is 4.14. The number of allylic oxidation sites excluding steroid dienone is 4. The molecule has 0 bridgehead atoms. The van der Waals surface area contributed by atoms with E-state index in [2.05, 4.69) is 25.3 Å². The lowest BCUT2D eigenvalue weighted by atomic mass is 10.1. The van der Waals surface area contributed by atoms with Crippen LogP contribution in [-0.2, 0) is 0 Å². The number of hydrogen-bond donors (Lipinski definition) is 0. The van der Waals surface area contributed by atoms with Crippen molar-refractivity contribution in [2.45, 2.75) is 13.8 Å². The molecule has 1 rings (SSSR count). The van der Waals surface area contributed by atoms with Gasteiger partial charge in [-0.25, -0.2) is 0 Å². The van der Waals surface area contributed by atoms with E-state index in [1.165, 1.54) is 11.1 Å². The van der Waals surface area contributed by atoms with E-state index in [0.29, 0.717) is 0 Å². The van der Waals surface area contributed by atoms with Crippen LogP contribution in [0.4, 0.5) is 0 Å². The molecule has 8 heavy (non-hydrogen) atoms. The van der Waals surface area contributed by atoms with Crippen molar-refractivity contribution in [1.29, 1.82) is 0 Å². The van der Waals surface area contributed by atoms with Crippen molar-refractivity contribution in [3.05, 3.63) is 34.8 Å². The van der Waals surface area contributed by atoms with Crippen LogP contribution in [-0.4, -0.2) is 0 Å². The van der Waals surface area contributed by atoms with Crippen LogP contribution in [0.25, 0.3) is 0 Å². The van der Waals surface area contributed by atoms with Crippen molar-refractivity contribution < 1.29 is 0 Å². The van der Waals surface area contributed by atoms with E-state index in [1.807, 2.05) is 12.2 Å². The van der Waals surface area contributed by atoms with Crippen LogP contribution in [0.2, 0.25) is 0 Å². The first-order chi connectivity index (χ1) is 3.80. The SMILES string of the molecule is CC1=C(C)C=C=C=C1. The minimum Gasteiger partial charge on any atom is -0.0699 e. The van der Waals surface area contributed by atoms with Crippen LogP contribution in [0.5, 0.6) is 0 Å². The Labute approximate surface area is 49.5 Å². The molecule has 0 saturated heterocycles. The summed E-state index contributed by atoms with van der Waals surface area (Å²) < 4.78 is 0. The van der Waals surface area contributed by atoms with Gasteiger partial charge >= 0.3 is 0 Å². The van der Waals surface area contributed by atoms with E-state index in [1.54, 1.807) is 0 Å². The molecule has 40 valence electrons. The zero-order chi connectivity index (χ0) is 5.98. The normalized spacial score (nSPS) is 15.8. The summed E-state index contributed by atoms with van der Waals surface area (Å²) in [4.78, 5) is 0. The van der Waals surface area contributed by atoms with E-state index in [0.717, 1.165) is 0 Å². The molecule has 0 aromatic rings. The van der Waals surface area contributed by atoms with Crippen LogP contribution in [0.15, 0.2) is 34.8 Å². The first kappa shape index (κ1) is 5.18. The van der Waals surface area contributed by atoms with Crippen molar-refractivity contribution in [2.75, 3.05) is 0 Å². The summed E-state index contributed by atoms with van der Waals surface area (Å²) in [5.74, 6) is 0. The van der Waals surface area contributed by atoms with Gasteiger partial charge in [0.05, 0.1) is 0 Å². The van der Waals surface area contributed by atoms with E-state index in [4.69, 9.17) is 0 Å². The largest absolute Gasteiger partial charge is 0.0699 e. The Morgan fingerprint density at radius 2 is 1.38 bits per heavy atom. The highest BCUT2D eigenvalue weighted by molar-refractivity contribution is 5.32. The molecule has 1 aliphatic carbocycles. The lowest BCUT2D eigenvalue weighted by Gasteiger charge is -1.94. The predicted molar refractivity (Wildman–Crippen MR) is 34.5 cm³/mol. The number of rotatable bonds is 0. The van der Waals surface area contributed by atoms with E-state index < -0.39 is 0 Å². The van der Waals surface area contributed by atoms with Crippen LogP contribution in [0, 0.1) is 0 Å². The Kier molecular flexibility index (Phi) is 1.22. The second kappa shape index (κ2) is 1.88. The minimum atomic E-state index is 1.28. The lowest BCUT2D eigenvalue weighted by molar-refractivity contribution is 1.37. The molecular formula is C8H8. The summed E-state index contributed by atoms with van der Waals surface area (Å²) in [6, 6.07) is 0. The van der Waals surface area contributed by atoms with Gasteiger partial charge < -0.3 is 0 Å². The summed E-state index contributed by atoms with van der Waals surface area (Å²) in [5, 5.41) is 0. The second-order valence-corrected chi connectivity index (χ2v) is 1.94. The molecule has 0 saturated carbocycles. The van der Waals surface area contributed by atoms with Crippen molar-refractivity contribution in [1.82, 2.24) is 0 Å². The van der Waals surface area contributed by atoms with Gasteiger partial charge in [0.15, 0.2) is 0 Å². The Balaban J connectivity index is 3.10. The average Bonchev–Trinajstić information content (AvgIpc) is 1.77. The molecule has 0 aromatic heterocycles. The topological polar surface area (TPSA) is 0 Å². The highest BCUT2D eigenvalue weighted by Crippen LogP contribution is 2.06. The maximum Gasteiger partial charge on any atom is -0.00832 e. The summed E-state index contributed by atoms with van der Waals surface area (Å²) in [7, 11) is 0. The van der Waals surface area contributed by atoms with Crippen LogP contribution in [0.3, 0.4) is 0 Å². The predicted octanol–water partition coefficient (Wildman–Crippen LogP) is 2.20. The molecule has 0 heteroatoms. The molecule has 0 fully saturated rings. The Bertz CT molecular complexity index is 192. The van der Waals surface area contributed by atoms with Crippen molar-refractivity contribution in [3.8, 4) is 0 Å². The molecular weight excluding hydrogens is 96.1 g/mol. The maximum atomic E-state index is 2.88. The molecule has 0 aromatic carbocycles. The fourth-order valence-corrected chi connectivity index (χ4v) is 0.528. The van der Waals surface area contributed by atoms with E-state index >= 15 is 0 Å². The van der Waals surface area contributed by atoms with Crippen molar-refractivity contribution in [3.63, 3.8) is 0 Å². The maximum absolute atomic E-state index is 2.88. The molecule has 0 unspecified atom stereocenters. The Morgan fingerprint density at radius 1 is 1.00 bits per heavy atom. The van der Waals surface area contributed by atoms with Gasteiger partial charge in [-0.3, -0.25) is 0 Å². The molecule has 0 aliphatic heterocycles. The number of hydrogen-bond acceptors (Lipinski definition) is 0. The van der Waals surface area contributed by atoms with E-state index in [-0.39, 0.29) is 0 Å². The summed E-state index contributed by atoms with van der Waals surface area (Å²) in [6.07, 6.45) is 3.88. The van der Waals surface area contributed by atoms with Gasteiger partial charge in [0.1, 0.15) is 0 Å². The van der Waals surface area contributed by atoms with Crippen LogP contribution in [0.1, 0.15) is 13.8 Å². The molecule has 0 spiro atoms. The van der Waals surface area contributed by atoms with Crippen LogP contribution >= 0.6 is 0 Å². The second-order valence-electron chi connectivity index (χ2n) is 1.94. The molecule has 1 aliphatic rings. The third-order valence-corrected chi connectivity index (χ3v) is 1.28. The molecule has 0 amide bonds. The summed E-state index contributed by atoms with van der Waals surface area (Å²) >= 11 is 0. The highest BCUT2D eigenvalue weighted by atomic mass is 13.9. The minimum absolute atomic E-state index is 1.28. The average molecular weight is 104 g/mol. The Hall–Kier alpha value is -0.960. The molecule has 0 heterocycles. The fourth-order valence-electron chi connectivity index (χ4n) is 0.528. The van der Waals surface area contributed by atoms with Crippen molar-refractivity contribution in [2.24, 2.45) is 0 Å². The molecule has 0 nitrogen and oxygen atoms in total. The third-order valence-electron chi connectivity index (χ3n) is 1.28. The molecule has 0 radical (unpaired) electrons. The van der Waals surface area contributed by atoms with Gasteiger partial charge in [0.25, 0.3) is 0 Å². The van der Waals surface area contributed by atoms with Gasteiger partial charge in [0, 0.05) is 0 Å². The van der Waals surface area contributed by atoms with Gasteiger partial charge in [-0.2, -0.15) is 0 Å². The molecule has 0 N–H and O–H groups in total. The van der Waals surface area contributed by atoms with E-state index in [9.17, 15) is 0 Å². The molecule has 0 atom stereocenters. The standard InChI is InChI=1S/C8H8/c1-7-5-3-4-6-8(7)2/h5-6H,1-2H3. The van der Waals surface area contributed by atoms with Crippen molar-refractivity contribution >= 4 is 0 Å². The monoisotopic (exact) mass is 104 g/mol. The quantitative estimate of drug-likeness (QED) is 0.413. The van der Waals surface area contributed by atoms with Crippen LogP contribution < -0.4 is 0 Å². The first-order valence-electron chi connectivity index (χ1n) is 2.65. The smallest absolute Gasteiger partial charge is 0.00832 e. The van der Waals surface area contributed by atoms with Gasteiger partial charge in [-0.15, -0.1) is 0 Å². The third kappa shape index (κ3) is 0.816. The first-order valence-corrected chi connectivity index (χ1v) is 2.65. The highest BCUT2D eigenvalue weighted by Gasteiger charge is 1.87. The lowest BCUT2D eigenvalue weighted by Crippen LogP contribution is -1.75. The van der Waals surface area contributed by atoms with Gasteiger partial charge in [0.2, 0.25) is 0 Å². The Morgan fingerprint density at radius 3 is 1.62 bits per heavy atom. The van der Waals surface area contributed by atoms with Gasteiger partial charge in [-0.05, 0) is 37.1 Å².